The maximum Gasteiger partial charge on any atom is 0.307 e. The van der Waals surface area contributed by atoms with Crippen LogP contribution in [0, 0.1) is 11.3 Å². The van der Waals surface area contributed by atoms with E-state index in [0.29, 0.717) is 0 Å². The van der Waals surface area contributed by atoms with Crippen LogP contribution in [0.1, 0.15) is 24.8 Å². The topological polar surface area (TPSA) is 63.1 Å². The van der Waals surface area contributed by atoms with Crippen LogP contribution in [-0.2, 0) is 4.79 Å². The number of aromatic nitrogens is 2. The first kappa shape index (κ1) is 10.7. The summed E-state index contributed by atoms with van der Waals surface area (Å²) < 4.78 is 1.07. The number of rotatable bonds is 2. The van der Waals surface area contributed by atoms with Gasteiger partial charge in [-0.2, -0.15) is 0 Å². The van der Waals surface area contributed by atoms with Crippen LogP contribution in [0.3, 0.4) is 0 Å². The minimum Gasteiger partial charge on any atom is -0.481 e. The number of aliphatic carboxylic acids is 1. The Bertz CT molecular complexity index is 572. The summed E-state index contributed by atoms with van der Waals surface area (Å²) in [7, 11) is 0. The monoisotopic (exact) mass is 248 g/mol. The first-order valence-electron chi connectivity index (χ1n) is 5.45. The first-order valence-corrected chi connectivity index (χ1v) is 6.26. The molecule has 0 radical (unpaired) electrons. The Hall–Kier alpha value is -1.49. The standard InChI is InChI=1S/C12H12N2O2S/c1-12(2)8(9(12)11(15)16)10-14-6-5-13-4-3-7(6)17-10/h3-5,8-9H,1-2H3,(H,15,16). The Balaban J connectivity index is 2.03. The van der Waals surface area contributed by atoms with E-state index in [1.54, 1.807) is 23.7 Å². The molecule has 17 heavy (non-hydrogen) atoms. The van der Waals surface area contributed by atoms with Crippen molar-refractivity contribution in [3.63, 3.8) is 0 Å². The Kier molecular flexibility index (Phi) is 2.04. The summed E-state index contributed by atoms with van der Waals surface area (Å²) in [4.78, 5) is 19.7. The number of thiazole rings is 1. The smallest absolute Gasteiger partial charge is 0.307 e. The highest BCUT2D eigenvalue weighted by Crippen LogP contribution is 2.65. The number of fused-ring (bicyclic) bond motifs is 1. The highest BCUT2D eigenvalue weighted by Gasteiger charge is 2.64. The van der Waals surface area contributed by atoms with Gasteiger partial charge in [-0.1, -0.05) is 13.8 Å². The second-order valence-corrected chi connectivity index (χ2v) is 6.07. The molecule has 1 aliphatic carbocycles. The van der Waals surface area contributed by atoms with Crippen LogP contribution in [0.15, 0.2) is 18.5 Å². The fraction of sp³-hybridized carbons (Fsp3) is 0.417. The molecule has 3 rings (SSSR count). The van der Waals surface area contributed by atoms with Crippen LogP contribution in [0.4, 0.5) is 0 Å². The Labute approximate surface area is 102 Å². The zero-order chi connectivity index (χ0) is 12.2. The number of carboxylic acid groups (broad SMARTS) is 1. The largest absolute Gasteiger partial charge is 0.481 e. The van der Waals surface area contributed by atoms with E-state index in [1.165, 1.54) is 0 Å². The van der Waals surface area contributed by atoms with E-state index in [1.807, 2.05) is 19.9 Å². The number of carboxylic acids is 1. The van der Waals surface area contributed by atoms with Gasteiger partial charge in [0.2, 0.25) is 0 Å². The van der Waals surface area contributed by atoms with Crippen LogP contribution in [0.25, 0.3) is 10.2 Å². The van der Waals surface area contributed by atoms with Crippen molar-refractivity contribution in [1.82, 2.24) is 9.97 Å². The minimum absolute atomic E-state index is 0.0393. The van der Waals surface area contributed by atoms with E-state index in [2.05, 4.69) is 9.97 Å². The molecule has 88 valence electrons. The molecular weight excluding hydrogens is 236 g/mol. The van der Waals surface area contributed by atoms with Gasteiger partial charge in [-0.15, -0.1) is 11.3 Å². The van der Waals surface area contributed by atoms with Crippen molar-refractivity contribution in [2.75, 3.05) is 0 Å². The lowest BCUT2D eigenvalue weighted by atomic mass is 10.1. The number of pyridine rings is 1. The van der Waals surface area contributed by atoms with Crippen LogP contribution in [-0.4, -0.2) is 21.0 Å². The highest BCUT2D eigenvalue weighted by molar-refractivity contribution is 7.18. The van der Waals surface area contributed by atoms with E-state index in [9.17, 15) is 4.79 Å². The number of hydrogen-bond acceptors (Lipinski definition) is 4. The van der Waals surface area contributed by atoms with Crippen LogP contribution in [0.5, 0.6) is 0 Å². The van der Waals surface area contributed by atoms with E-state index >= 15 is 0 Å². The van der Waals surface area contributed by atoms with Gasteiger partial charge in [-0.05, 0) is 11.5 Å². The second kappa shape index (κ2) is 3.26. The Morgan fingerprint density at radius 3 is 2.88 bits per heavy atom. The predicted molar refractivity (Wildman–Crippen MR) is 65.1 cm³/mol. The number of hydrogen-bond donors (Lipinski definition) is 1. The SMILES string of the molecule is CC1(C)C(C(=O)O)C1c1nc2cnccc2s1. The molecule has 0 amide bonds. The predicted octanol–water partition coefficient (Wildman–Crippen LogP) is 2.52. The highest BCUT2D eigenvalue weighted by atomic mass is 32.1. The molecule has 1 saturated carbocycles. The molecular formula is C12H12N2O2S. The summed E-state index contributed by atoms with van der Waals surface area (Å²) in [5.41, 5.74) is 0.673. The summed E-state index contributed by atoms with van der Waals surface area (Å²) in [6.07, 6.45) is 3.46. The average molecular weight is 248 g/mol. The summed E-state index contributed by atoms with van der Waals surface area (Å²) >= 11 is 1.58. The lowest BCUT2D eigenvalue weighted by Crippen LogP contribution is -2.03. The average Bonchev–Trinajstić information content (AvgIpc) is 2.68. The van der Waals surface area contributed by atoms with Gasteiger partial charge in [0.1, 0.15) is 0 Å². The van der Waals surface area contributed by atoms with Crippen molar-refractivity contribution >= 4 is 27.5 Å². The summed E-state index contributed by atoms with van der Waals surface area (Å²) in [6.45, 7) is 3.97. The molecule has 0 bridgehead atoms. The fourth-order valence-electron chi connectivity index (χ4n) is 2.49. The van der Waals surface area contributed by atoms with E-state index < -0.39 is 5.97 Å². The van der Waals surface area contributed by atoms with Gasteiger partial charge in [0, 0.05) is 12.1 Å². The van der Waals surface area contributed by atoms with Crippen molar-refractivity contribution in [2.24, 2.45) is 11.3 Å². The first-order chi connectivity index (χ1) is 8.01. The van der Waals surface area contributed by atoms with E-state index in [4.69, 9.17) is 5.11 Å². The van der Waals surface area contributed by atoms with Crippen molar-refractivity contribution < 1.29 is 9.90 Å². The third-order valence-corrected chi connectivity index (χ3v) is 4.69. The number of nitrogens with zero attached hydrogens (tertiary/aromatic N) is 2. The summed E-state index contributed by atoms with van der Waals surface area (Å²) in [5.74, 6) is -0.995. The van der Waals surface area contributed by atoms with Gasteiger partial charge < -0.3 is 5.11 Å². The van der Waals surface area contributed by atoms with E-state index in [-0.39, 0.29) is 17.3 Å². The molecule has 2 unspecified atom stereocenters. The fourth-order valence-corrected chi connectivity index (χ4v) is 3.76. The third kappa shape index (κ3) is 1.45. The van der Waals surface area contributed by atoms with Gasteiger partial charge in [-0.25, -0.2) is 4.98 Å². The molecule has 4 nitrogen and oxygen atoms in total. The lowest BCUT2D eigenvalue weighted by Gasteiger charge is -1.97. The molecule has 2 aromatic rings. The quantitative estimate of drug-likeness (QED) is 0.887. The molecule has 0 saturated heterocycles. The molecule has 2 heterocycles. The molecule has 0 spiro atoms. The molecule has 1 fully saturated rings. The normalized spacial score (nSPS) is 26.0. The molecule has 1 N–H and O–H groups in total. The molecule has 2 aromatic heterocycles. The molecule has 1 aliphatic rings. The zero-order valence-electron chi connectivity index (χ0n) is 9.54. The Morgan fingerprint density at radius 2 is 2.29 bits per heavy atom. The van der Waals surface area contributed by atoms with Crippen molar-refractivity contribution in [3.8, 4) is 0 Å². The van der Waals surface area contributed by atoms with Gasteiger partial charge >= 0.3 is 5.97 Å². The molecule has 2 atom stereocenters. The van der Waals surface area contributed by atoms with Crippen molar-refractivity contribution in [3.05, 3.63) is 23.5 Å². The van der Waals surface area contributed by atoms with Crippen molar-refractivity contribution in [1.29, 1.82) is 0 Å². The Morgan fingerprint density at radius 1 is 1.53 bits per heavy atom. The maximum absolute atomic E-state index is 11.1. The third-order valence-electron chi connectivity index (χ3n) is 3.57. The van der Waals surface area contributed by atoms with E-state index in [0.717, 1.165) is 15.2 Å². The van der Waals surface area contributed by atoms with Gasteiger partial charge in [0.15, 0.2) is 0 Å². The van der Waals surface area contributed by atoms with Crippen LogP contribution < -0.4 is 0 Å². The van der Waals surface area contributed by atoms with Gasteiger partial charge in [-0.3, -0.25) is 9.78 Å². The molecule has 5 heteroatoms. The van der Waals surface area contributed by atoms with Crippen molar-refractivity contribution in [2.45, 2.75) is 19.8 Å². The van der Waals surface area contributed by atoms with Gasteiger partial charge in [0.25, 0.3) is 0 Å². The zero-order valence-corrected chi connectivity index (χ0v) is 10.4. The van der Waals surface area contributed by atoms with Gasteiger partial charge in [0.05, 0.1) is 27.3 Å². The number of carbonyl (C=O) groups is 1. The maximum atomic E-state index is 11.1. The molecule has 0 aromatic carbocycles. The summed E-state index contributed by atoms with van der Waals surface area (Å²) in [6, 6.07) is 1.92. The van der Waals surface area contributed by atoms with Crippen LogP contribution in [0.2, 0.25) is 0 Å². The summed E-state index contributed by atoms with van der Waals surface area (Å²) in [5, 5.41) is 10.1. The van der Waals surface area contributed by atoms with Crippen LogP contribution >= 0.6 is 11.3 Å². The molecule has 0 aliphatic heterocycles. The minimum atomic E-state index is -0.725. The lowest BCUT2D eigenvalue weighted by molar-refractivity contribution is -0.139. The second-order valence-electron chi connectivity index (χ2n) is 5.01.